The van der Waals surface area contributed by atoms with Crippen molar-refractivity contribution in [1.29, 1.82) is 0 Å². The Morgan fingerprint density at radius 1 is 0.649 bits per heavy atom. The first-order chi connectivity index (χ1) is 27.2. The second-order valence-electron chi connectivity index (χ2n) is 14.4. The van der Waals surface area contributed by atoms with E-state index in [1.807, 2.05) is 36.5 Å². The Morgan fingerprint density at radius 3 is 1.95 bits per heavy atom. The Kier molecular flexibility index (Phi) is 34.7. The molecule has 57 heavy (non-hydrogen) atoms. The first kappa shape index (κ1) is 55.0. The fourth-order valence-electron chi connectivity index (χ4n) is 5.22. The van der Waals surface area contributed by atoms with Crippen LogP contribution in [-0.4, -0.2) is 81.6 Å². The van der Waals surface area contributed by atoms with Gasteiger partial charge in [-0.25, -0.2) is 9.13 Å². The van der Waals surface area contributed by atoms with Gasteiger partial charge in [-0.2, -0.15) is 0 Å². The molecule has 0 spiro atoms. The van der Waals surface area contributed by atoms with Crippen LogP contribution in [0.4, 0.5) is 0 Å². The minimum absolute atomic E-state index is 0.0867. The number of allylic oxidation sites excluding steroid dienone is 6. The van der Waals surface area contributed by atoms with E-state index in [1.54, 1.807) is 6.08 Å². The molecule has 0 aliphatic carbocycles. The molecule has 5 N–H and O–H groups in total. The molecule has 5 atom stereocenters. The van der Waals surface area contributed by atoms with Crippen molar-refractivity contribution in [3.8, 4) is 0 Å². The fraction of sp³-hybridized carbons (Fsp3) is 0.756. The molecule has 0 aromatic carbocycles. The maximum Gasteiger partial charge on any atom is 0.472 e. The predicted molar refractivity (Wildman–Crippen MR) is 222 cm³/mol. The van der Waals surface area contributed by atoms with Crippen molar-refractivity contribution >= 4 is 27.6 Å². The molecule has 0 aromatic rings. The monoisotopic (exact) mass is 852 g/mol. The normalized spacial score (nSPS) is 15.7. The van der Waals surface area contributed by atoms with Crippen molar-refractivity contribution < 1.29 is 66.7 Å². The number of esters is 2. The van der Waals surface area contributed by atoms with Gasteiger partial charge in [0, 0.05) is 12.8 Å². The summed E-state index contributed by atoms with van der Waals surface area (Å²) in [5, 5.41) is 19.7. The van der Waals surface area contributed by atoms with E-state index in [1.165, 1.54) is 51.4 Å². The number of unbranched alkanes of at least 4 members (excludes halogenated alkanes) is 11. The highest BCUT2D eigenvalue weighted by Gasteiger charge is 2.28. The summed E-state index contributed by atoms with van der Waals surface area (Å²) in [6, 6.07) is 0. The topological polar surface area (TPSA) is 216 Å². The molecular formula is C41H74O14P2. The third-order valence-electron chi connectivity index (χ3n) is 8.83. The second-order valence-corrected chi connectivity index (χ2v) is 17.1. The third kappa shape index (κ3) is 39.3. The van der Waals surface area contributed by atoms with E-state index in [2.05, 4.69) is 35.9 Å². The summed E-state index contributed by atoms with van der Waals surface area (Å²) in [5.74, 6) is -0.361. The summed E-state index contributed by atoms with van der Waals surface area (Å²) in [5.41, 5.74) is 0. The maximum absolute atomic E-state index is 12.6. The first-order valence-electron chi connectivity index (χ1n) is 20.8. The van der Waals surface area contributed by atoms with E-state index in [4.69, 9.17) is 23.8 Å². The highest BCUT2D eigenvalue weighted by atomic mass is 31.2. The van der Waals surface area contributed by atoms with Gasteiger partial charge in [0.15, 0.2) is 6.10 Å². The second kappa shape index (κ2) is 35.9. The standard InChI is InChI=1S/C41H74O14P2/c1-4-6-7-8-18-23-28-37(42)29-24-19-14-10-12-15-20-25-30-40(44)51-34-39(35-54-57(49,50)53-33-38(43)32-52-56(46,47)48)55-41(45)31-26-21-16-11-9-13-17-22-27-36(3)5-2/h12,14-15,18-19,23-24,29,36-39,42-43H,4-11,13,16-17,20-22,25-28,30-35H2,1-3H3,(H,49,50)(H2,46,47,48)/b15-12-,19-14-,23-18-,29-24+/t36?,37-,38+,39-/m1/s1. The van der Waals surface area contributed by atoms with Gasteiger partial charge < -0.3 is 34.4 Å². The number of aliphatic hydroxyl groups is 2. The van der Waals surface area contributed by atoms with Crippen molar-refractivity contribution in [2.75, 3.05) is 26.4 Å². The molecule has 0 saturated carbocycles. The van der Waals surface area contributed by atoms with Gasteiger partial charge in [0.25, 0.3) is 0 Å². The molecule has 0 bridgehead atoms. The van der Waals surface area contributed by atoms with Gasteiger partial charge in [-0.05, 0) is 50.9 Å². The molecule has 0 fully saturated rings. The molecule has 0 amide bonds. The summed E-state index contributed by atoms with van der Waals surface area (Å²) < 4.78 is 47.6. The maximum atomic E-state index is 12.6. The van der Waals surface area contributed by atoms with Crippen molar-refractivity contribution in [1.82, 2.24) is 0 Å². The van der Waals surface area contributed by atoms with Gasteiger partial charge in [0.2, 0.25) is 0 Å². The molecule has 0 heterocycles. The highest BCUT2D eigenvalue weighted by molar-refractivity contribution is 7.47. The van der Waals surface area contributed by atoms with Crippen molar-refractivity contribution in [3.63, 3.8) is 0 Å². The number of carbonyl (C=O) groups excluding carboxylic acids is 2. The van der Waals surface area contributed by atoms with Gasteiger partial charge in [-0.1, -0.05) is 140 Å². The largest absolute Gasteiger partial charge is 0.472 e. The van der Waals surface area contributed by atoms with E-state index in [0.29, 0.717) is 32.1 Å². The van der Waals surface area contributed by atoms with Crippen LogP contribution in [0.3, 0.4) is 0 Å². The third-order valence-corrected chi connectivity index (χ3v) is 10.3. The van der Waals surface area contributed by atoms with Gasteiger partial charge in [0.05, 0.1) is 25.9 Å². The lowest BCUT2D eigenvalue weighted by atomic mass is 9.99. The van der Waals surface area contributed by atoms with Crippen LogP contribution < -0.4 is 0 Å². The van der Waals surface area contributed by atoms with Crippen LogP contribution in [-0.2, 0) is 41.8 Å². The van der Waals surface area contributed by atoms with Crippen LogP contribution in [0.1, 0.15) is 149 Å². The minimum atomic E-state index is -4.87. The zero-order valence-electron chi connectivity index (χ0n) is 34.7. The molecule has 0 aliphatic rings. The lowest BCUT2D eigenvalue weighted by Gasteiger charge is -2.20. The lowest BCUT2D eigenvalue weighted by molar-refractivity contribution is -0.161. The van der Waals surface area contributed by atoms with Crippen molar-refractivity contribution in [3.05, 3.63) is 48.6 Å². The molecule has 0 rings (SSSR count). The lowest BCUT2D eigenvalue weighted by Crippen LogP contribution is -2.30. The van der Waals surface area contributed by atoms with Gasteiger partial charge in [0.1, 0.15) is 12.7 Å². The molecule has 0 aromatic heterocycles. The van der Waals surface area contributed by atoms with Crippen LogP contribution in [0.25, 0.3) is 0 Å². The van der Waals surface area contributed by atoms with E-state index < -0.39 is 72.3 Å². The molecule has 14 nitrogen and oxygen atoms in total. The number of phosphoric ester groups is 2. The van der Waals surface area contributed by atoms with E-state index in [0.717, 1.165) is 38.0 Å². The summed E-state index contributed by atoms with van der Waals surface area (Å²) in [4.78, 5) is 52.5. The minimum Gasteiger partial charge on any atom is -0.462 e. The van der Waals surface area contributed by atoms with Crippen LogP contribution >= 0.6 is 15.6 Å². The number of rotatable bonds is 38. The zero-order chi connectivity index (χ0) is 42.6. The van der Waals surface area contributed by atoms with E-state index in [9.17, 15) is 33.8 Å². The number of phosphoric acid groups is 2. The first-order valence-corrected chi connectivity index (χ1v) is 23.9. The Labute approximate surface area is 342 Å². The molecular weight excluding hydrogens is 778 g/mol. The summed E-state index contributed by atoms with van der Waals surface area (Å²) in [6.07, 6.45) is 30.1. The van der Waals surface area contributed by atoms with E-state index in [-0.39, 0.29) is 12.8 Å². The van der Waals surface area contributed by atoms with Crippen LogP contribution in [0.2, 0.25) is 0 Å². The SMILES string of the molecule is CCCCC/C=C\C[C@@H](O)/C=C/C=C\C/C=C\CCCC(=O)OC[C@H](COP(=O)(O)OC[C@@H](O)COP(=O)(O)O)OC(=O)CCCCCCCCCCC(C)CC. The number of carbonyl (C=O) groups is 2. The quantitative estimate of drug-likeness (QED) is 0.0129. The molecule has 0 radical (unpaired) electrons. The Balaban J connectivity index is 4.70. The number of hydrogen-bond acceptors (Lipinski definition) is 11. The molecule has 0 saturated heterocycles. The zero-order valence-corrected chi connectivity index (χ0v) is 36.5. The van der Waals surface area contributed by atoms with E-state index >= 15 is 0 Å². The number of ether oxygens (including phenoxy) is 2. The van der Waals surface area contributed by atoms with Gasteiger partial charge in [-0.15, -0.1) is 0 Å². The van der Waals surface area contributed by atoms with Crippen LogP contribution in [0, 0.1) is 5.92 Å². The predicted octanol–water partition coefficient (Wildman–Crippen LogP) is 9.11. The molecule has 2 unspecified atom stereocenters. The average Bonchev–Trinajstić information content (AvgIpc) is 3.16. The Morgan fingerprint density at radius 2 is 1.26 bits per heavy atom. The molecule has 332 valence electrons. The summed E-state index contributed by atoms with van der Waals surface area (Å²) >= 11 is 0. The fourth-order valence-corrected chi connectivity index (χ4v) is 6.38. The van der Waals surface area contributed by atoms with Crippen LogP contribution in [0.5, 0.6) is 0 Å². The van der Waals surface area contributed by atoms with Gasteiger partial charge in [-0.3, -0.25) is 23.2 Å². The van der Waals surface area contributed by atoms with Crippen LogP contribution in [0.15, 0.2) is 48.6 Å². The number of aliphatic hydroxyl groups excluding tert-OH is 2. The highest BCUT2D eigenvalue weighted by Crippen LogP contribution is 2.43. The van der Waals surface area contributed by atoms with Crippen molar-refractivity contribution in [2.45, 2.75) is 167 Å². The Bertz CT molecular complexity index is 1230. The molecule has 0 aliphatic heterocycles. The van der Waals surface area contributed by atoms with Gasteiger partial charge >= 0.3 is 27.6 Å². The Hall–Kier alpha value is -1.96. The summed E-state index contributed by atoms with van der Waals surface area (Å²) in [6.45, 7) is 3.85. The average molecular weight is 853 g/mol. The summed E-state index contributed by atoms with van der Waals surface area (Å²) in [7, 11) is -9.70. The van der Waals surface area contributed by atoms with Crippen molar-refractivity contribution in [2.24, 2.45) is 5.92 Å². The number of hydrogen-bond donors (Lipinski definition) is 5. The molecule has 16 heteroatoms. The smallest absolute Gasteiger partial charge is 0.462 e.